The summed E-state index contributed by atoms with van der Waals surface area (Å²) >= 11 is 1.40. The quantitative estimate of drug-likeness (QED) is 0.201. The fourth-order valence-corrected chi connectivity index (χ4v) is 6.15. The molecule has 0 aliphatic heterocycles. The predicted octanol–water partition coefficient (Wildman–Crippen LogP) is 4.16. The van der Waals surface area contributed by atoms with Gasteiger partial charge in [0, 0.05) is 18.0 Å². The van der Waals surface area contributed by atoms with E-state index in [0.29, 0.717) is 22.2 Å². The van der Waals surface area contributed by atoms with Gasteiger partial charge in [0.05, 0.1) is 33.8 Å². The van der Waals surface area contributed by atoms with E-state index in [-0.39, 0.29) is 18.2 Å². The van der Waals surface area contributed by atoms with Gasteiger partial charge in [-0.3, -0.25) is 4.98 Å². The fraction of sp³-hybridized carbons (Fsp3) is 0.583. The molecule has 3 aromatic heterocycles. The molecule has 39 heavy (non-hydrogen) atoms. The number of rotatable bonds is 8. The van der Waals surface area contributed by atoms with E-state index in [9.17, 15) is 23.4 Å². The highest BCUT2D eigenvalue weighted by Crippen LogP contribution is 2.45. The number of aliphatic hydroxyl groups is 2. The molecule has 5 N–H and O–H groups in total. The van der Waals surface area contributed by atoms with E-state index >= 15 is 0 Å². The van der Waals surface area contributed by atoms with Gasteiger partial charge in [0.25, 0.3) is 0 Å². The Labute approximate surface area is 225 Å². The summed E-state index contributed by atoms with van der Waals surface area (Å²) in [5.41, 5.74) is 8.76. The third kappa shape index (κ3) is 5.57. The van der Waals surface area contributed by atoms with Gasteiger partial charge >= 0.3 is 6.18 Å². The molecule has 0 amide bonds. The number of aryl methyl sites for hydroxylation is 1. The number of thiazole rings is 1. The molecule has 15 heteroatoms. The number of nitrogens with zero attached hydrogens (tertiary/aromatic N) is 6. The minimum Gasteiger partial charge on any atom is -0.390 e. The lowest BCUT2D eigenvalue weighted by Crippen LogP contribution is -2.39. The first-order valence-corrected chi connectivity index (χ1v) is 13.4. The molecule has 208 valence electrons. The Morgan fingerprint density at radius 2 is 1.92 bits per heavy atom. The van der Waals surface area contributed by atoms with Crippen LogP contribution in [-0.4, -0.2) is 66.7 Å². The zero-order valence-electron chi connectivity index (χ0n) is 21.5. The third-order valence-corrected chi connectivity index (χ3v) is 8.31. The molecule has 2 aliphatic rings. The Balaban J connectivity index is 1.55. The number of hydrogen-bond acceptors (Lipinski definition) is 11. The third-order valence-electron chi connectivity index (χ3n) is 7.27. The first-order chi connectivity index (χ1) is 18.4. The number of halogens is 3. The van der Waals surface area contributed by atoms with Crippen LogP contribution in [0.4, 0.5) is 24.9 Å². The summed E-state index contributed by atoms with van der Waals surface area (Å²) in [6, 6.07) is 1.15. The molecule has 0 aromatic carbocycles. The van der Waals surface area contributed by atoms with E-state index in [1.807, 2.05) is 6.07 Å². The first-order valence-electron chi connectivity index (χ1n) is 12.5. The zero-order chi connectivity index (χ0) is 28.1. The van der Waals surface area contributed by atoms with Gasteiger partial charge in [-0.25, -0.2) is 9.97 Å². The highest BCUT2D eigenvalue weighted by atomic mass is 32.1. The molecule has 3 heterocycles. The lowest BCUT2D eigenvalue weighted by atomic mass is 9.85. The van der Waals surface area contributed by atoms with Crippen LogP contribution in [0.2, 0.25) is 0 Å². The van der Waals surface area contributed by atoms with Crippen molar-refractivity contribution < 1.29 is 23.4 Å². The summed E-state index contributed by atoms with van der Waals surface area (Å²) in [7, 11) is 0. The van der Waals surface area contributed by atoms with Crippen LogP contribution in [0.3, 0.4) is 0 Å². The highest BCUT2D eigenvalue weighted by molar-refractivity contribution is 7.21. The van der Waals surface area contributed by atoms with Gasteiger partial charge < -0.3 is 20.8 Å². The number of aliphatic hydroxyl groups excluding tert-OH is 2. The molecule has 0 bridgehead atoms. The molecule has 0 spiro atoms. The van der Waals surface area contributed by atoms with Crippen molar-refractivity contribution in [2.24, 2.45) is 11.0 Å². The molecule has 2 saturated carbocycles. The number of fused-ring (bicyclic) bond motifs is 1. The van der Waals surface area contributed by atoms with Crippen LogP contribution in [0.1, 0.15) is 50.4 Å². The van der Waals surface area contributed by atoms with Crippen LogP contribution in [0, 0.1) is 18.4 Å². The molecule has 0 unspecified atom stereocenters. The summed E-state index contributed by atoms with van der Waals surface area (Å²) in [5, 5.41) is 31.5. The molecular formula is C24H29F3N9O2S+. The van der Waals surface area contributed by atoms with Crippen molar-refractivity contribution in [1.82, 2.24) is 24.8 Å². The van der Waals surface area contributed by atoms with Crippen LogP contribution >= 0.6 is 11.3 Å². The molecule has 3 aromatic rings. The van der Waals surface area contributed by atoms with Crippen molar-refractivity contribution in [1.29, 1.82) is 5.53 Å². The van der Waals surface area contributed by atoms with Gasteiger partial charge in [-0.05, 0) is 46.1 Å². The molecule has 2 aliphatic carbocycles. The van der Waals surface area contributed by atoms with Gasteiger partial charge in [0.1, 0.15) is 45.2 Å². The number of alkyl halides is 3. The maximum Gasteiger partial charge on any atom is 0.405 e. The van der Waals surface area contributed by atoms with E-state index in [4.69, 9.17) is 10.5 Å². The van der Waals surface area contributed by atoms with Crippen molar-refractivity contribution in [2.75, 3.05) is 17.2 Å². The Bertz CT molecular complexity index is 1440. The largest absolute Gasteiger partial charge is 0.405 e. The lowest BCUT2D eigenvalue weighted by molar-refractivity contribution is -0.115. The fourth-order valence-electron chi connectivity index (χ4n) is 5.09. The maximum atomic E-state index is 12.9. The van der Waals surface area contributed by atoms with E-state index in [2.05, 4.69) is 35.6 Å². The number of hydrogen-bond donors (Lipinski definition) is 5. The molecule has 11 nitrogen and oxygen atoms in total. The van der Waals surface area contributed by atoms with Crippen molar-refractivity contribution in [3.63, 3.8) is 0 Å². The summed E-state index contributed by atoms with van der Waals surface area (Å²) < 4.78 is 39.7. The second-order valence-electron chi connectivity index (χ2n) is 10.6. The van der Waals surface area contributed by atoms with E-state index in [1.165, 1.54) is 11.3 Å². The lowest BCUT2D eigenvalue weighted by Gasteiger charge is -2.24. The van der Waals surface area contributed by atoms with E-state index < -0.39 is 42.4 Å². The van der Waals surface area contributed by atoms with Crippen LogP contribution in [-0.2, 0) is 0 Å². The van der Waals surface area contributed by atoms with Crippen LogP contribution < -0.4 is 15.5 Å². The smallest absolute Gasteiger partial charge is 0.390 e. The van der Waals surface area contributed by atoms with Gasteiger partial charge in [-0.2, -0.15) is 18.2 Å². The molecule has 4 atom stereocenters. The van der Waals surface area contributed by atoms with Crippen LogP contribution in [0.15, 0.2) is 17.4 Å². The monoisotopic (exact) mass is 564 g/mol. The minimum absolute atomic E-state index is 0.184. The molecule has 5 rings (SSSR count). The average molecular weight is 565 g/mol. The molecule has 0 radical (unpaired) electrons. The Kier molecular flexibility index (Phi) is 7.04. The number of aromatic nitrogens is 4. The molecule has 2 fully saturated rings. The highest BCUT2D eigenvalue weighted by Gasteiger charge is 2.51. The minimum atomic E-state index is -4.47. The molecular weight excluding hydrogens is 535 g/mol. The SMILES string of the molecule is Cc1nc(NCC(F)(F)F)nc(N[C@@H]2C[C@H](C(C)(C)N=[N+]=N)[C@@H](O)[C@H]2O)c1-c1nc2c(C3CC3)nccc2s1. The number of pyridine rings is 1. The van der Waals surface area contributed by atoms with Gasteiger partial charge in [0.2, 0.25) is 10.9 Å². The maximum absolute atomic E-state index is 12.9. The Hall–Kier alpha value is -3.26. The topological polar surface area (TPSA) is 166 Å². The Morgan fingerprint density at radius 1 is 1.18 bits per heavy atom. The second kappa shape index (κ2) is 10.0. The summed E-state index contributed by atoms with van der Waals surface area (Å²) in [6.07, 6.45) is -2.79. The number of nitrogens with one attached hydrogen (secondary N) is 3. The standard InChI is InChI=1S/C24H29F3N9O2S/c1-10-15(21-33-17-14(39-21)6-7-29-16(17)11-4-5-11)20(34-22(31-10)30-9-24(25,26)27)32-13-8-12(18(37)19(13)38)23(2,3)35-36-28/h6-7,11-13,18-19,28,37-38H,4-5,8-9H2,1-3H3,(H2,30,31,32,34)/q+1/t12-,13+,18+,19-/m0/s1. The average Bonchev–Trinajstić information content (AvgIpc) is 3.54. The van der Waals surface area contributed by atoms with Crippen LogP contribution in [0.25, 0.3) is 20.8 Å². The predicted molar refractivity (Wildman–Crippen MR) is 139 cm³/mol. The normalized spacial score (nSPS) is 23.6. The summed E-state index contributed by atoms with van der Waals surface area (Å²) in [4.78, 5) is 21.1. The van der Waals surface area contributed by atoms with Crippen molar-refractivity contribution >= 4 is 33.3 Å². The first kappa shape index (κ1) is 27.3. The Morgan fingerprint density at radius 3 is 2.59 bits per heavy atom. The van der Waals surface area contributed by atoms with E-state index in [1.54, 1.807) is 27.0 Å². The summed E-state index contributed by atoms with van der Waals surface area (Å²) in [6.45, 7) is 3.76. The van der Waals surface area contributed by atoms with Crippen molar-refractivity contribution in [3.05, 3.63) is 23.7 Å². The van der Waals surface area contributed by atoms with Crippen molar-refractivity contribution in [3.8, 4) is 10.6 Å². The summed E-state index contributed by atoms with van der Waals surface area (Å²) in [5.74, 6) is -0.221. The number of anilines is 2. The van der Waals surface area contributed by atoms with Crippen molar-refractivity contribution in [2.45, 2.75) is 75.9 Å². The zero-order valence-corrected chi connectivity index (χ0v) is 22.3. The van der Waals surface area contributed by atoms with Gasteiger partial charge in [0.15, 0.2) is 0 Å². The van der Waals surface area contributed by atoms with Gasteiger partial charge in [-0.1, -0.05) is 0 Å². The molecule has 0 saturated heterocycles. The second-order valence-corrected chi connectivity index (χ2v) is 11.6. The van der Waals surface area contributed by atoms with Gasteiger partial charge in [-0.15, -0.1) is 11.3 Å². The van der Waals surface area contributed by atoms with Crippen LogP contribution in [0.5, 0.6) is 0 Å². The van der Waals surface area contributed by atoms with E-state index in [0.717, 1.165) is 28.8 Å².